The zero-order valence-corrected chi connectivity index (χ0v) is 20.1. The summed E-state index contributed by atoms with van der Waals surface area (Å²) in [6.45, 7) is 4.26. The van der Waals surface area contributed by atoms with Gasteiger partial charge in [0.2, 0.25) is 0 Å². The molecule has 0 aliphatic carbocycles. The molecule has 8 aromatic rings. The highest BCUT2D eigenvalue weighted by molar-refractivity contribution is 6.06. The lowest BCUT2D eigenvalue weighted by Crippen LogP contribution is -1.78. The average Bonchev–Trinajstić information content (AvgIpc) is 3.46. The number of fused-ring (bicyclic) bond motifs is 6. The van der Waals surface area contributed by atoms with Crippen LogP contribution in [0.4, 0.5) is 0 Å². The van der Waals surface area contributed by atoms with Crippen LogP contribution in [-0.4, -0.2) is 0 Å². The Morgan fingerprint density at radius 3 is 1.17 bits per heavy atom. The Hall–Kier alpha value is -4.56. The molecule has 2 heterocycles. The highest BCUT2D eigenvalue weighted by Crippen LogP contribution is 2.37. The van der Waals surface area contributed by atoms with Crippen LogP contribution in [0.25, 0.3) is 76.5 Å². The highest BCUT2D eigenvalue weighted by atomic mass is 16.4. The normalized spacial score (nSPS) is 12.2. The zero-order chi connectivity index (χ0) is 24.0. The summed E-state index contributed by atoms with van der Waals surface area (Å²) < 4.78 is 12.6. The van der Waals surface area contributed by atoms with Gasteiger partial charge in [-0.2, -0.15) is 0 Å². The van der Waals surface area contributed by atoms with Crippen LogP contribution in [0.2, 0.25) is 0 Å². The second-order valence-electron chi connectivity index (χ2n) is 10.1. The molecule has 0 radical (unpaired) electrons. The van der Waals surface area contributed by atoms with Crippen molar-refractivity contribution in [3.63, 3.8) is 0 Å². The Bertz CT molecular complexity index is 2010. The highest BCUT2D eigenvalue weighted by Gasteiger charge is 2.14. The van der Waals surface area contributed by atoms with Crippen LogP contribution in [0, 0.1) is 13.8 Å². The maximum absolute atomic E-state index is 6.31. The van der Waals surface area contributed by atoms with Gasteiger partial charge in [-0.1, -0.05) is 47.5 Å². The molecule has 0 N–H and O–H groups in total. The van der Waals surface area contributed by atoms with Crippen molar-refractivity contribution in [2.75, 3.05) is 0 Å². The van der Waals surface area contributed by atoms with Crippen LogP contribution in [0.3, 0.4) is 0 Å². The molecule has 36 heavy (non-hydrogen) atoms. The molecular weight excluding hydrogens is 440 g/mol. The summed E-state index contributed by atoms with van der Waals surface area (Å²) in [5.74, 6) is 1.50. The summed E-state index contributed by atoms with van der Waals surface area (Å²) in [7, 11) is 0. The van der Waals surface area contributed by atoms with E-state index >= 15 is 0 Å². The van der Waals surface area contributed by atoms with Gasteiger partial charge >= 0.3 is 0 Å². The molecule has 8 rings (SSSR count). The van der Waals surface area contributed by atoms with Gasteiger partial charge < -0.3 is 8.83 Å². The topological polar surface area (TPSA) is 26.3 Å². The third kappa shape index (κ3) is 2.98. The van der Waals surface area contributed by atoms with Crippen molar-refractivity contribution >= 4 is 65.0 Å². The molecule has 0 fully saturated rings. The van der Waals surface area contributed by atoms with Crippen molar-refractivity contribution in [2.24, 2.45) is 0 Å². The van der Waals surface area contributed by atoms with Crippen molar-refractivity contribution in [1.82, 2.24) is 0 Å². The van der Waals surface area contributed by atoms with Crippen LogP contribution in [0.5, 0.6) is 0 Å². The number of rotatable bonds is 1. The molecule has 0 unspecified atom stereocenters. The first-order valence-corrected chi connectivity index (χ1v) is 12.3. The lowest BCUT2D eigenvalue weighted by Gasteiger charge is -2.03. The van der Waals surface area contributed by atoms with E-state index < -0.39 is 0 Å². The SMILES string of the molecule is Cc1ccc2cc3cc4cc(-c5cc6cc7cc8ccc(C)cc8cc7cc6o5)oc4cc3cc2c1. The monoisotopic (exact) mass is 462 g/mol. The van der Waals surface area contributed by atoms with Crippen molar-refractivity contribution in [3.8, 4) is 11.5 Å². The Labute approximate surface area is 207 Å². The molecule has 0 amide bonds. The fraction of sp³-hybridized carbons (Fsp3) is 0.0588. The number of benzene rings is 6. The predicted octanol–water partition coefficient (Wildman–Crippen LogP) is 10.1. The summed E-state index contributed by atoms with van der Waals surface area (Å²) in [6.07, 6.45) is 0. The zero-order valence-electron chi connectivity index (χ0n) is 20.1. The van der Waals surface area contributed by atoms with Gasteiger partial charge in [0.15, 0.2) is 11.5 Å². The first-order chi connectivity index (χ1) is 17.6. The van der Waals surface area contributed by atoms with Crippen LogP contribution in [-0.2, 0) is 0 Å². The molecule has 170 valence electrons. The minimum Gasteiger partial charge on any atom is -0.453 e. The second kappa shape index (κ2) is 6.99. The van der Waals surface area contributed by atoms with E-state index in [1.807, 2.05) is 0 Å². The Kier molecular flexibility index (Phi) is 3.83. The maximum Gasteiger partial charge on any atom is 0.170 e. The van der Waals surface area contributed by atoms with Gasteiger partial charge in [-0.25, -0.2) is 0 Å². The number of aryl methyl sites for hydroxylation is 2. The second-order valence-corrected chi connectivity index (χ2v) is 10.1. The largest absolute Gasteiger partial charge is 0.453 e. The van der Waals surface area contributed by atoms with E-state index in [1.54, 1.807) is 0 Å². The quantitative estimate of drug-likeness (QED) is 0.227. The third-order valence-corrected chi connectivity index (χ3v) is 7.42. The molecule has 0 saturated carbocycles. The van der Waals surface area contributed by atoms with Crippen molar-refractivity contribution in [3.05, 3.63) is 108 Å². The molecule has 0 atom stereocenters. The van der Waals surface area contributed by atoms with Gasteiger partial charge in [-0.05, 0) is 118 Å². The van der Waals surface area contributed by atoms with E-state index in [9.17, 15) is 0 Å². The van der Waals surface area contributed by atoms with Gasteiger partial charge in [0, 0.05) is 10.8 Å². The molecule has 2 nitrogen and oxygen atoms in total. The molecule has 6 aromatic carbocycles. The lowest BCUT2D eigenvalue weighted by molar-refractivity contribution is 0.569. The standard InChI is InChI=1S/C34H22O2/c1-19-3-5-21-9-25-13-29-17-33(35-31(29)15-27(25)11-23(21)7-19)34-18-30-14-26-10-22-6-4-20(2)8-24(22)12-28(26)16-32(30)36-34/h3-18H,1-2H3. The molecule has 0 bridgehead atoms. The molecule has 0 saturated heterocycles. The lowest BCUT2D eigenvalue weighted by atomic mass is 10.0. The van der Waals surface area contributed by atoms with E-state index in [2.05, 4.69) is 111 Å². The number of hydrogen-bond acceptors (Lipinski definition) is 2. The summed E-state index contributed by atoms with van der Waals surface area (Å²) >= 11 is 0. The minimum absolute atomic E-state index is 0.752. The maximum atomic E-state index is 6.31. The van der Waals surface area contributed by atoms with Gasteiger partial charge in [0.1, 0.15) is 11.2 Å². The summed E-state index contributed by atoms with van der Waals surface area (Å²) in [5.41, 5.74) is 4.28. The number of hydrogen-bond donors (Lipinski definition) is 0. The summed E-state index contributed by atoms with van der Waals surface area (Å²) in [5, 5.41) is 12.0. The predicted molar refractivity (Wildman–Crippen MR) is 151 cm³/mol. The molecule has 0 spiro atoms. The van der Waals surface area contributed by atoms with Crippen LogP contribution in [0.15, 0.2) is 106 Å². The average molecular weight is 463 g/mol. The molecular formula is C34H22O2. The van der Waals surface area contributed by atoms with E-state index in [-0.39, 0.29) is 0 Å². The molecule has 0 aliphatic rings. The van der Waals surface area contributed by atoms with Gasteiger partial charge in [0.05, 0.1) is 0 Å². The van der Waals surface area contributed by atoms with Crippen LogP contribution in [0.1, 0.15) is 11.1 Å². The van der Waals surface area contributed by atoms with Crippen molar-refractivity contribution in [2.45, 2.75) is 13.8 Å². The Morgan fingerprint density at radius 1 is 0.333 bits per heavy atom. The minimum atomic E-state index is 0.752. The van der Waals surface area contributed by atoms with Crippen LogP contribution >= 0.6 is 0 Å². The first kappa shape index (κ1) is 19.7. The summed E-state index contributed by atoms with van der Waals surface area (Å²) in [6, 6.07) is 35.1. The van der Waals surface area contributed by atoms with Gasteiger partial charge in [-0.3, -0.25) is 0 Å². The first-order valence-electron chi connectivity index (χ1n) is 12.3. The molecule has 2 aromatic heterocycles. The van der Waals surface area contributed by atoms with Crippen molar-refractivity contribution in [1.29, 1.82) is 0 Å². The van der Waals surface area contributed by atoms with Crippen molar-refractivity contribution < 1.29 is 8.83 Å². The third-order valence-electron chi connectivity index (χ3n) is 7.42. The molecule has 0 aliphatic heterocycles. The Balaban J connectivity index is 1.28. The van der Waals surface area contributed by atoms with E-state index in [1.165, 1.54) is 54.2 Å². The van der Waals surface area contributed by atoms with E-state index in [0.717, 1.165) is 33.5 Å². The summed E-state index contributed by atoms with van der Waals surface area (Å²) in [4.78, 5) is 0. The smallest absolute Gasteiger partial charge is 0.170 e. The van der Waals surface area contributed by atoms with Crippen LogP contribution < -0.4 is 0 Å². The van der Waals surface area contributed by atoms with Gasteiger partial charge in [-0.15, -0.1) is 0 Å². The fourth-order valence-corrected chi connectivity index (χ4v) is 5.55. The Morgan fingerprint density at radius 2 is 0.694 bits per heavy atom. The molecule has 2 heteroatoms. The van der Waals surface area contributed by atoms with E-state index in [0.29, 0.717) is 0 Å². The fourth-order valence-electron chi connectivity index (χ4n) is 5.55. The van der Waals surface area contributed by atoms with E-state index in [4.69, 9.17) is 8.83 Å². The van der Waals surface area contributed by atoms with Gasteiger partial charge in [0.25, 0.3) is 0 Å². The number of furan rings is 2.